The Morgan fingerprint density at radius 3 is 2.30 bits per heavy atom. The van der Waals surface area contributed by atoms with E-state index in [2.05, 4.69) is 5.32 Å². The van der Waals surface area contributed by atoms with Crippen LogP contribution in [0, 0.1) is 18.8 Å². The Balaban J connectivity index is 1.52. The molecule has 0 radical (unpaired) electrons. The predicted molar refractivity (Wildman–Crippen MR) is 161 cm³/mol. The second-order valence-corrected chi connectivity index (χ2v) is 11.1. The van der Waals surface area contributed by atoms with Crippen LogP contribution in [0.5, 0.6) is 11.5 Å². The average molecular weight is 597 g/mol. The third-order valence-electron chi connectivity index (χ3n) is 8.33. The summed E-state index contributed by atoms with van der Waals surface area (Å²) in [7, 11) is 1.51. The first kappa shape index (κ1) is 28.5. The van der Waals surface area contributed by atoms with Crippen LogP contribution < -0.4 is 19.7 Å². The maximum Gasteiger partial charge on any atom is 0.329 e. The highest BCUT2D eigenvalue weighted by Gasteiger charge is 2.69. The van der Waals surface area contributed by atoms with Crippen LogP contribution in [-0.4, -0.2) is 30.0 Å². The molecule has 4 unspecified atom stereocenters. The van der Waals surface area contributed by atoms with E-state index in [1.807, 2.05) is 37.3 Å². The molecule has 0 spiro atoms. The molecule has 2 N–H and O–H groups in total. The largest absolute Gasteiger partial charge is 0.493 e. The van der Waals surface area contributed by atoms with Gasteiger partial charge in [0.05, 0.1) is 24.6 Å². The molecule has 6 rings (SSSR count). The first-order valence-electron chi connectivity index (χ1n) is 13.8. The molecule has 43 heavy (non-hydrogen) atoms. The number of para-hydroxylation sites is 1. The van der Waals surface area contributed by atoms with Crippen LogP contribution >= 0.6 is 11.6 Å². The zero-order chi connectivity index (χ0) is 30.3. The van der Waals surface area contributed by atoms with Crippen molar-refractivity contribution in [2.45, 2.75) is 25.1 Å². The van der Waals surface area contributed by atoms with Crippen molar-refractivity contribution in [2.75, 3.05) is 12.0 Å². The fourth-order valence-corrected chi connectivity index (χ4v) is 6.43. The van der Waals surface area contributed by atoms with E-state index in [0.29, 0.717) is 27.6 Å². The van der Waals surface area contributed by atoms with Crippen LogP contribution in [0.25, 0.3) is 0 Å². The molecule has 218 valence electrons. The van der Waals surface area contributed by atoms with Gasteiger partial charge in [-0.25, -0.2) is 9.69 Å². The highest BCUT2D eigenvalue weighted by atomic mass is 35.5. The molecular weight excluding hydrogens is 568 g/mol. The number of methoxy groups -OCH3 is 1. The van der Waals surface area contributed by atoms with Crippen LogP contribution in [0.2, 0.25) is 5.02 Å². The average Bonchev–Trinajstić information content (AvgIpc) is 3.52. The number of ether oxygens (including phenoxy) is 2. The van der Waals surface area contributed by atoms with Gasteiger partial charge in [-0.2, -0.15) is 0 Å². The summed E-state index contributed by atoms with van der Waals surface area (Å²) in [6, 6.07) is 27.3. The van der Waals surface area contributed by atoms with Gasteiger partial charge in [0.2, 0.25) is 11.8 Å². The van der Waals surface area contributed by atoms with E-state index >= 15 is 0 Å². The van der Waals surface area contributed by atoms with Gasteiger partial charge in [0.25, 0.3) is 0 Å². The number of benzene rings is 4. The van der Waals surface area contributed by atoms with Crippen molar-refractivity contribution < 1.29 is 29.0 Å². The van der Waals surface area contributed by atoms with Gasteiger partial charge in [0.15, 0.2) is 17.0 Å². The number of hydrogen-bond acceptors (Lipinski definition) is 6. The van der Waals surface area contributed by atoms with E-state index in [9.17, 15) is 19.5 Å². The number of fused-ring (bicyclic) bond motifs is 1. The van der Waals surface area contributed by atoms with Crippen LogP contribution in [0.4, 0.5) is 5.69 Å². The van der Waals surface area contributed by atoms with Crippen molar-refractivity contribution in [3.05, 3.63) is 124 Å². The molecule has 8 nitrogen and oxygen atoms in total. The van der Waals surface area contributed by atoms with Crippen molar-refractivity contribution >= 4 is 35.1 Å². The van der Waals surface area contributed by atoms with Crippen LogP contribution in [0.15, 0.2) is 97.1 Å². The fourth-order valence-electron chi connectivity index (χ4n) is 6.26. The minimum Gasteiger partial charge on any atom is -0.493 e. The number of nitrogens with zero attached hydrogens (tertiary/aromatic N) is 1. The highest BCUT2D eigenvalue weighted by molar-refractivity contribution is 6.32. The second kappa shape index (κ2) is 11.2. The van der Waals surface area contributed by atoms with Crippen molar-refractivity contribution in [3.8, 4) is 11.5 Å². The molecule has 2 amide bonds. The molecule has 9 heteroatoms. The minimum atomic E-state index is -1.91. The van der Waals surface area contributed by atoms with Gasteiger partial charge >= 0.3 is 5.97 Å². The second-order valence-electron chi connectivity index (χ2n) is 10.7. The molecule has 2 fully saturated rings. The Morgan fingerprint density at radius 2 is 1.65 bits per heavy atom. The SMILES string of the molecule is COc1cccc(C2NC(C(=O)O)(c3ccccc3)C3C(=O)N(c4ccc(C)c(Cl)c4)C(=O)C23)c1OCc1ccccc1. The lowest BCUT2D eigenvalue weighted by molar-refractivity contribution is -0.149. The fraction of sp³-hybridized carbons (Fsp3) is 0.206. The molecule has 2 aliphatic heterocycles. The molecule has 2 heterocycles. The number of halogens is 1. The molecule has 4 aromatic carbocycles. The Kier molecular flexibility index (Phi) is 7.42. The van der Waals surface area contributed by atoms with Crippen LogP contribution in [0.1, 0.15) is 28.3 Å². The summed E-state index contributed by atoms with van der Waals surface area (Å²) in [5.41, 5.74) is 0.943. The van der Waals surface area contributed by atoms with Gasteiger partial charge in [-0.15, -0.1) is 0 Å². The number of amides is 2. The lowest BCUT2D eigenvalue weighted by Gasteiger charge is -2.32. The summed E-state index contributed by atoms with van der Waals surface area (Å²) >= 11 is 6.39. The van der Waals surface area contributed by atoms with Crippen molar-refractivity contribution in [1.29, 1.82) is 0 Å². The van der Waals surface area contributed by atoms with E-state index < -0.39 is 41.2 Å². The van der Waals surface area contributed by atoms with Gasteiger partial charge in [0, 0.05) is 16.6 Å². The Bertz CT molecular complexity index is 1710. The van der Waals surface area contributed by atoms with E-state index in [1.54, 1.807) is 66.7 Å². The molecule has 2 aliphatic rings. The Morgan fingerprint density at radius 1 is 0.953 bits per heavy atom. The lowest BCUT2D eigenvalue weighted by atomic mass is 9.75. The van der Waals surface area contributed by atoms with Crippen LogP contribution in [-0.2, 0) is 26.5 Å². The molecule has 0 aliphatic carbocycles. The maximum atomic E-state index is 14.3. The molecule has 4 aromatic rings. The van der Waals surface area contributed by atoms with E-state index in [0.717, 1.165) is 16.0 Å². The number of carbonyl (C=O) groups is 3. The van der Waals surface area contributed by atoms with E-state index in [-0.39, 0.29) is 12.3 Å². The van der Waals surface area contributed by atoms with Gasteiger partial charge in [-0.1, -0.05) is 90.5 Å². The number of carboxylic acid groups (broad SMARTS) is 1. The normalized spacial score (nSPS) is 22.9. The number of carbonyl (C=O) groups excluding carboxylic acids is 2. The standard InChI is InChI=1S/C34H29ClN2O6/c1-20-16-17-23(18-25(20)35)37-31(38)27-28(32(37)39)34(33(40)41,22-12-7-4-8-13-22)36-29(27)24-14-9-15-26(42-2)30(24)43-19-21-10-5-3-6-11-21/h3-18,27-29,36H,19H2,1-2H3,(H,40,41). The Hall–Kier alpha value is -4.66. The number of aryl methyl sites for hydroxylation is 1. The molecule has 2 saturated heterocycles. The van der Waals surface area contributed by atoms with Crippen molar-refractivity contribution in [1.82, 2.24) is 5.32 Å². The van der Waals surface area contributed by atoms with Gasteiger partial charge in [0.1, 0.15) is 6.61 Å². The first-order valence-corrected chi connectivity index (χ1v) is 14.2. The highest BCUT2D eigenvalue weighted by Crippen LogP contribution is 2.55. The van der Waals surface area contributed by atoms with Gasteiger partial charge < -0.3 is 14.6 Å². The summed E-state index contributed by atoms with van der Waals surface area (Å²) < 4.78 is 11.9. The van der Waals surface area contributed by atoms with Crippen molar-refractivity contribution in [2.24, 2.45) is 11.8 Å². The van der Waals surface area contributed by atoms with Crippen molar-refractivity contribution in [3.63, 3.8) is 0 Å². The number of imide groups is 1. The summed E-state index contributed by atoms with van der Waals surface area (Å²) in [5.74, 6) is -3.98. The zero-order valence-electron chi connectivity index (χ0n) is 23.5. The van der Waals surface area contributed by atoms with E-state index in [1.165, 1.54) is 7.11 Å². The number of nitrogens with one attached hydrogen (secondary N) is 1. The monoisotopic (exact) mass is 596 g/mol. The molecule has 0 saturated carbocycles. The smallest absolute Gasteiger partial charge is 0.329 e. The van der Waals surface area contributed by atoms with Gasteiger partial charge in [-0.05, 0) is 41.8 Å². The zero-order valence-corrected chi connectivity index (χ0v) is 24.2. The predicted octanol–water partition coefficient (Wildman–Crippen LogP) is 5.67. The number of anilines is 1. The molecule has 0 bridgehead atoms. The number of rotatable bonds is 8. The minimum absolute atomic E-state index is 0.207. The van der Waals surface area contributed by atoms with E-state index in [4.69, 9.17) is 21.1 Å². The summed E-state index contributed by atoms with van der Waals surface area (Å²) in [6.45, 7) is 2.03. The number of aliphatic carboxylic acids is 1. The molecule has 4 atom stereocenters. The summed E-state index contributed by atoms with van der Waals surface area (Å²) in [5, 5.41) is 14.5. The molecular formula is C34H29ClN2O6. The topological polar surface area (TPSA) is 105 Å². The van der Waals surface area contributed by atoms with Gasteiger partial charge in [-0.3, -0.25) is 14.9 Å². The first-order chi connectivity index (χ1) is 20.8. The summed E-state index contributed by atoms with van der Waals surface area (Å²) in [4.78, 5) is 43.0. The maximum absolute atomic E-state index is 14.3. The number of hydrogen-bond donors (Lipinski definition) is 2. The van der Waals surface area contributed by atoms with Crippen LogP contribution in [0.3, 0.4) is 0 Å². The third-order valence-corrected chi connectivity index (χ3v) is 8.74. The number of carboxylic acids is 1. The molecule has 0 aromatic heterocycles. The summed E-state index contributed by atoms with van der Waals surface area (Å²) in [6.07, 6.45) is 0. The lowest BCUT2D eigenvalue weighted by Crippen LogP contribution is -2.53. The third kappa shape index (κ3) is 4.63. The Labute approximate surface area is 253 Å². The quantitative estimate of drug-likeness (QED) is 0.253.